The number of carbonyl (C=O) groups is 12. The van der Waals surface area contributed by atoms with Gasteiger partial charge in [0.1, 0.15) is 49.6 Å². The van der Waals surface area contributed by atoms with Crippen LogP contribution in [0.4, 0.5) is 4.39 Å². The van der Waals surface area contributed by atoms with Crippen molar-refractivity contribution in [3.8, 4) is 11.4 Å². The summed E-state index contributed by atoms with van der Waals surface area (Å²) < 4.78 is 34.0. The Morgan fingerprint density at radius 2 is 1.46 bits per heavy atom. The van der Waals surface area contributed by atoms with E-state index in [0.717, 1.165) is 29.0 Å². The molecule has 2 aliphatic carbocycles. The molecule has 2 aromatic carbocycles. The van der Waals surface area contributed by atoms with E-state index in [1.165, 1.54) is 10.6 Å². The number of benzene rings is 2. The van der Waals surface area contributed by atoms with E-state index in [0.29, 0.717) is 89.5 Å². The lowest BCUT2D eigenvalue weighted by atomic mass is 9.77. The van der Waals surface area contributed by atoms with E-state index in [-0.39, 0.29) is 95.0 Å². The Hall–Kier alpha value is -9.89. The number of aromatic nitrogens is 2. The maximum absolute atomic E-state index is 15.6. The summed E-state index contributed by atoms with van der Waals surface area (Å²) in [6.45, 7) is 0.543. The number of imide groups is 1. The predicted molar refractivity (Wildman–Crippen MR) is 348 cm³/mol. The first-order valence-corrected chi connectivity index (χ1v) is 33.3. The Morgan fingerprint density at radius 3 is 2.15 bits per heavy atom. The van der Waals surface area contributed by atoms with Crippen LogP contribution >= 0.6 is 0 Å². The lowest BCUT2D eigenvalue weighted by Crippen LogP contribution is -2.53. The van der Waals surface area contributed by atoms with Gasteiger partial charge >= 0.3 is 5.97 Å². The zero-order valence-corrected chi connectivity index (χ0v) is 55.2. The van der Waals surface area contributed by atoms with E-state index in [1.807, 2.05) is 0 Å². The van der Waals surface area contributed by atoms with E-state index in [4.69, 9.17) is 24.9 Å². The van der Waals surface area contributed by atoms with E-state index in [2.05, 4.69) is 42.5 Å². The van der Waals surface area contributed by atoms with Crippen molar-refractivity contribution in [2.45, 2.75) is 177 Å². The van der Waals surface area contributed by atoms with Gasteiger partial charge in [0, 0.05) is 67.1 Å². The molecule has 11 amide bonds. The standard InChI is InChI=1S/C68H81FN12O19/c1-3-68(97)40-24-46-60-38(32-81(46)65(95)39(40)33-98-66(68)96)59-42(15-14-37-35(2)41(69)25-44(79-60)58(37)59)76-52(85)27-67(20-10-21-67)99-34-75-54(87)30-74-64(94)45(23-36-11-6-4-7-12-36)78-55(88)31-72-53(86)29-73-63(93)43(77-51(84)13-8-5-9-22-80-56(89)18-19-57(80)90)16-17-50(83)71-28-48-62(92)61(91)47(100-48)26-49(70)82/h4,6-7,11-12,18-19,24-25,42-43,45,47-48,61-62,91-92,97H,3,5,8-10,13-17,20-23,26-34H2,1-2H3,(H2,70,82)(H,71,83)(H,72,86)(H,73,93)(H,74,94)(H,75,87)(H,76,85)(H,77,84)(H,78,88)/t42-,43-,45-,47-,48+,61-,62+,68-/m0/s1. The van der Waals surface area contributed by atoms with Crippen molar-refractivity contribution in [3.05, 3.63) is 110 Å². The first-order chi connectivity index (χ1) is 47.8. The monoisotopic (exact) mass is 1390 g/mol. The molecule has 0 unspecified atom stereocenters. The summed E-state index contributed by atoms with van der Waals surface area (Å²) in [5, 5.41) is 53.5. The normalized spacial score (nSPS) is 21.1. The van der Waals surface area contributed by atoms with Crippen molar-refractivity contribution in [1.29, 1.82) is 0 Å². The molecule has 2 aromatic heterocycles. The molecular formula is C68H81FN12O19. The van der Waals surface area contributed by atoms with E-state index in [9.17, 15) is 77.6 Å². The zero-order valence-electron chi connectivity index (χ0n) is 55.2. The zero-order chi connectivity index (χ0) is 71.7. The van der Waals surface area contributed by atoms with Crippen LogP contribution in [0, 0.1) is 12.7 Å². The lowest BCUT2D eigenvalue weighted by Gasteiger charge is -2.41. The molecule has 1 saturated carbocycles. The molecule has 10 rings (SSSR count). The topological polar surface area (TPSA) is 454 Å². The van der Waals surface area contributed by atoms with E-state index in [1.54, 1.807) is 50.2 Å². The van der Waals surface area contributed by atoms with Crippen LogP contribution in [0.15, 0.2) is 59.4 Å². The Labute approximate surface area is 571 Å². The van der Waals surface area contributed by atoms with Crippen LogP contribution < -0.4 is 53.8 Å². The van der Waals surface area contributed by atoms with Crippen LogP contribution in [0.2, 0.25) is 0 Å². The molecule has 1 saturated heterocycles. The number of halogens is 1. The third kappa shape index (κ3) is 16.5. The molecule has 4 aliphatic heterocycles. The molecular weight excluding hydrogens is 1310 g/mol. The number of aliphatic hydroxyl groups excluding tert-OH is 2. The molecule has 6 aliphatic rings. The minimum atomic E-state index is -2.07. The number of hydrogen-bond acceptors (Lipinski definition) is 20. The van der Waals surface area contributed by atoms with Gasteiger partial charge in [0.05, 0.1) is 79.2 Å². The van der Waals surface area contributed by atoms with Gasteiger partial charge in [-0.2, -0.15) is 0 Å². The summed E-state index contributed by atoms with van der Waals surface area (Å²) in [6, 6.07) is 8.23. The highest BCUT2D eigenvalue weighted by Gasteiger charge is 2.47. The quantitative estimate of drug-likeness (QED) is 0.00992. The maximum atomic E-state index is 15.6. The van der Waals surface area contributed by atoms with Crippen molar-refractivity contribution >= 4 is 81.9 Å². The molecule has 6 heterocycles. The van der Waals surface area contributed by atoms with E-state index >= 15 is 4.39 Å². The van der Waals surface area contributed by atoms with Crippen molar-refractivity contribution in [1.82, 2.24) is 57.0 Å². The van der Waals surface area contributed by atoms with Gasteiger partial charge in [-0.1, -0.05) is 43.7 Å². The fraction of sp³-hybridized carbons (Fsp3) is 0.500. The molecule has 0 spiro atoms. The van der Waals surface area contributed by atoms with Gasteiger partial charge in [-0.3, -0.25) is 62.4 Å². The first-order valence-electron chi connectivity index (χ1n) is 33.3. The largest absolute Gasteiger partial charge is 0.458 e. The van der Waals surface area contributed by atoms with Gasteiger partial charge < -0.3 is 82.4 Å². The second-order valence-corrected chi connectivity index (χ2v) is 25.9. The fourth-order valence-corrected chi connectivity index (χ4v) is 13.5. The average Bonchev–Trinajstić information content (AvgIpc) is 1.49. The molecule has 2 fully saturated rings. The molecule has 8 atom stereocenters. The number of aryl methyl sites for hydroxylation is 1. The maximum Gasteiger partial charge on any atom is 0.343 e. The number of amides is 11. The van der Waals surface area contributed by atoms with Crippen molar-refractivity contribution in [2.24, 2.45) is 5.73 Å². The van der Waals surface area contributed by atoms with Gasteiger partial charge in [0.25, 0.3) is 17.4 Å². The Bertz CT molecular complexity index is 4010. The number of aliphatic hydroxyl groups is 3. The van der Waals surface area contributed by atoms with Crippen LogP contribution in [0.1, 0.15) is 135 Å². The Kier molecular flexibility index (Phi) is 23.0. The summed E-state index contributed by atoms with van der Waals surface area (Å²) in [6.07, 6.45) is -0.576. The first kappa shape index (κ1) is 72.8. The summed E-state index contributed by atoms with van der Waals surface area (Å²) in [5.74, 6) is -8.67. The number of unbranched alkanes of at least 4 members (excludes halogenated alkanes) is 2. The van der Waals surface area contributed by atoms with Crippen LogP contribution in [-0.2, 0) is 103 Å². The second kappa shape index (κ2) is 31.5. The molecule has 13 N–H and O–H groups in total. The van der Waals surface area contributed by atoms with Gasteiger partial charge in [0.2, 0.25) is 53.2 Å². The van der Waals surface area contributed by atoms with Gasteiger partial charge in [-0.05, 0) is 93.0 Å². The van der Waals surface area contributed by atoms with Gasteiger partial charge in [-0.15, -0.1) is 0 Å². The number of fused-ring (bicyclic) bond motifs is 5. The van der Waals surface area contributed by atoms with Gasteiger partial charge in [-0.25, -0.2) is 14.2 Å². The predicted octanol–water partition coefficient (Wildman–Crippen LogP) is -1.66. The highest BCUT2D eigenvalue weighted by atomic mass is 19.1. The van der Waals surface area contributed by atoms with Crippen LogP contribution in [0.25, 0.3) is 22.3 Å². The second-order valence-electron chi connectivity index (χ2n) is 25.9. The average molecular weight is 1390 g/mol. The van der Waals surface area contributed by atoms with Crippen molar-refractivity contribution in [3.63, 3.8) is 0 Å². The number of nitrogens with two attached hydrogens (primary N) is 1. The van der Waals surface area contributed by atoms with Gasteiger partial charge in [0.15, 0.2) is 5.60 Å². The summed E-state index contributed by atoms with van der Waals surface area (Å²) in [4.78, 5) is 175. The highest BCUT2D eigenvalue weighted by molar-refractivity contribution is 6.13. The molecule has 100 heavy (non-hydrogen) atoms. The molecule has 31 nitrogen and oxygen atoms in total. The minimum absolute atomic E-state index is 0.0449. The third-order valence-corrected chi connectivity index (χ3v) is 19.2. The summed E-state index contributed by atoms with van der Waals surface area (Å²) >= 11 is 0. The van der Waals surface area contributed by atoms with Crippen molar-refractivity contribution in [2.75, 3.05) is 39.5 Å². The number of nitrogens with zero attached hydrogens (tertiary/aromatic N) is 3. The summed E-state index contributed by atoms with van der Waals surface area (Å²) in [7, 11) is 0. The number of primary amides is 1. The van der Waals surface area contributed by atoms with Crippen LogP contribution in [0.3, 0.4) is 0 Å². The smallest absolute Gasteiger partial charge is 0.343 e. The number of hydrogen-bond donors (Lipinski definition) is 12. The van der Waals surface area contributed by atoms with Crippen molar-refractivity contribution < 1.29 is 91.5 Å². The summed E-state index contributed by atoms with van der Waals surface area (Å²) in [5.41, 5.74) is 6.04. The number of cyclic esters (lactones) is 1. The molecule has 0 bridgehead atoms. The minimum Gasteiger partial charge on any atom is -0.458 e. The van der Waals surface area contributed by atoms with Crippen LogP contribution in [-0.4, -0.2) is 182 Å². The fourth-order valence-electron chi connectivity index (χ4n) is 13.5. The molecule has 0 radical (unpaired) electrons. The number of rotatable bonds is 32. The highest BCUT2D eigenvalue weighted by Crippen LogP contribution is 2.47. The number of pyridine rings is 2. The number of nitrogens with one attached hydrogen (secondary N) is 8. The van der Waals surface area contributed by atoms with Crippen LogP contribution in [0.5, 0.6) is 0 Å². The Balaban J connectivity index is 0.696. The molecule has 32 heteroatoms. The number of esters is 1. The molecule has 534 valence electrons. The number of carbonyl (C=O) groups excluding carboxylic acids is 12. The van der Waals surface area contributed by atoms with E-state index < -0.39 is 150 Å². The Morgan fingerprint density at radius 1 is 0.780 bits per heavy atom. The lowest BCUT2D eigenvalue weighted by molar-refractivity contribution is -0.172. The third-order valence-electron chi connectivity index (χ3n) is 19.2. The SMILES string of the molecule is CC[C@@]1(O)C(=O)OCc2c1cc1n(c2=O)Cc2c-1nc1cc(F)c(C)c3c1c2[C@@H](NC(=O)CC1(OCNC(=O)CNC(=O)[C@H](Cc2ccccc2)NC(=O)CNC(=O)CNC(=O)[C@H](CCC(=O)NC[C@H]2O[C@@H](CC(N)=O)[C@H](O)[C@@H]2O)NC(=O)CCCCCN2C(=O)C=CC2=O)CCC1)CC3. The number of ether oxygens (including phenoxy) is 3. The molecule has 4 aromatic rings.